The molecule has 0 aliphatic carbocycles. The number of nitrogens with one attached hydrogen (secondary N) is 1. The summed E-state index contributed by atoms with van der Waals surface area (Å²) < 4.78 is 5.85. The third-order valence-electron chi connectivity index (χ3n) is 4.96. The van der Waals surface area contributed by atoms with Gasteiger partial charge in [-0.05, 0) is 36.8 Å². The molecular formula is C22H22ClN3O2S. The smallest absolute Gasteiger partial charge is 0.254 e. The fraction of sp³-hybridized carbons (Fsp3) is 0.273. The van der Waals surface area contributed by atoms with Crippen molar-refractivity contribution in [2.45, 2.75) is 13.5 Å². The molecule has 0 saturated carbocycles. The number of aromatic nitrogens is 1. The van der Waals surface area contributed by atoms with E-state index in [1.165, 1.54) is 0 Å². The standard InChI is InChI=1S/C22H22ClN3O2S/c1-15-18(22(27)26-8-10-29-11-9-26)6-3-7-19(15)24-14-21-25-13-20(28-21)16-4-2-5-17(23)12-16/h2-7,12-13,24H,8-11,14H2,1H3. The van der Waals surface area contributed by atoms with Crippen LogP contribution in [0.2, 0.25) is 5.02 Å². The number of carbonyl (C=O) groups excluding carboxylic acids is 1. The first kappa shape index (κ1) is 19.9. The SMILES string of the molecule is Cc1c(NCc2ncc(-c3cccc(Cl)c3)o2)cccc1C(=O)N1CCSCC1. The number of anilines is 1. The Balaban J connectivity index is 1.46. The van der Waals surface area contributed by atoms with Gasteiger partial charge in [0.15, 0.2) is 5.76 Å². The molecule has 1 amide bonds. The molecule has 1 saturated heterocycles. The van der Waals surface area contributed by atoms with Crippen molar-refractivity contribution in [3.8, 4) is 11.3 Å². The minimum Gasteiger partial charge on any atom is -0.439 e. The molecule has 29 heavy (non-hydrogen) atoms. The summed E-state index contributed by atoms with van der Waals surface area (Å²) in [5.41, 5.74) is 3.48. The molecule has 0 unspecified atom stereocenters. The third-order valence-corrected chi connectivity index (χ3v) is 6.13. The number of amides is 1. The van der Waals surface area contributed by atoms with E-state index in [1.54, 1.807) is 6.20 Å². The minimum atomic E-state index is 0.103. The Hall–Kier alpha value is -2.44. The fourth-order valence-electron chi connectivity index (χ4n) is 3.33. The average Bonchev–Trinajstić information content (AvgIpc) is 3.22. The van der Waals surface area contributed by atoms with Crippen LogP contribution in [0.1, 0.15) is 21.8 Å². The van der Waals surface area contributed by atoms with Crippen LogP contribution in [0.4, 0.5) is 5.69 Å². The molecule has 0 atom stereocenters. The summed E-state index contributed by atoms with van der Waals surface area (Å²) in [6.07, 6.45) is 1.70. The van der Waals surface area contributed by atoms with Gasteiger partial charge >= 0.3 is 0 Å². The van der Waals surface area contributed by atoms with Crippen LogP contribution in [0.25, 0.3) is 11.3 Å². The average molecular weight is 428 g/mol. The van der Waals surface area contributed by atoms with Gasteiger partial charge in [0.05, 0.1) is 12.7 Å². The molecule has 150 valence electrons. The Labute approximate surface area is 179 Å². The molecule has 1 aromatic heterocycles. The second-order valence-corrected chi connectivity index (χ2v) is 8.53. The normalized spacial score (nSPS) is 14.1. The number of nitrogens with zero attached hydrogens (tertiary/aromatic N) is 2. The van der Waals surface area contributed by atoms with Gasteiger partial charge in [0, 0.05) is 46.4 Å². The van der Waals surface area contributed by atoms with Gasteiger partial charge in [-0.1, -0.05) is 29.8 Å². The molecule has 0 spiro atoms. The van der Waals surface area contributed by atoms with E-state index in [2.05, 4.69) is 10.3 Å². The number of thioether (sulfide) groups is 1. The second-order valence-electron chi connectivity index (χ2n) is 6.86. The first-order valence-corrected chi connectivity index (χ1v) is 11.1. The molecule has 5 nitrogen and oxygen atoms in total. The molecule has 1 aliphatic rings. The summed E-state index contributed by atoms with van der Waals surface area (Å²) in [6.45, 7) is 4.02. The molecule has 0 radical (unpaired) electrons. The maximum Gasteiger partial charge on any atom is 0.254 e. The molecule has 2 heterocycles. The first-order chi connectivity index (χ1) is 14.1. The van der Waals surface area contributed by atoms with E-state index in [0.29, 0.717) is 23.2 Å². The zero-order chi connectivity index (χ0) is 20.2. The van der Waals surface area contributed by atoms with Gasteiger partial charge in [-0.3, -0.25) is 4.79 Å². The van der Waals surface area contributed by atoms with Crippen molar-refractivity contribution < 1.29 is 9.21 Å². The van der Waals surface area contributed by atoms with E-state index >= 15 is 0 Å². The maximum atomic E-state index is 12.9. The van der Waals surface area contributed by atoms with Crippen LogP contribution in [0.5, 0.6) is 0 Å². The number of rotatable bonds is 5. The van der Waals surface area contributed by atoms with E-state index < -0.39 is 0 Å². The molecule has 1 fully saturated rings. The van der Waals surface area contributed by atoms with Crippen molar-refractivity contribution in [2.75, 3.05) is 29.9 Å². The number of halogens is 1. The van der Waals surface area contributed by atoms with Crippen LogP contribution < -0.4 is 5.32 Å². The minimum absolute atomic E-state index is 0.103. The van der Waals surface area contributed by atoms with E-state index in [9.17, 15) is 4.79 Å². The summed E-state index contributed by atoms with van der Waals surface area (Å²) in [6, 6.07) is 13.3. The fourth-order valence-corrected chi connectivity index (χ4v) is 4.43. The highest BCUT2D eigenvalue weighted by Gasteiger charge is 2.20. The lowest BCUT2D eigenvalue weighted by Crippen LogP contribution is -2.38. The number of hydrogen-bond donors (Lipinski definition) is 1. The van der Waals surface area contributed by atoms with Crippen molar-refractivity contribution in [2.24, 2.45) is 0 Å². The molecule has 7 heteroatoms. The predicted molar refractivity (Wildman–Crippen MR) is 119 cm³/mol. The summed E-state index contributed by atoms with van der Waals surface area (Å²) in [4.78, 5) is 19.2. The van der Waals surface area contributed by atoms with Crippen LogP contribution in [0.3, 0.4) is 0 Å². The Morgan fingerprint density at radius 2 is 2.03 bits per heavy atom. The van der Waals surface area contributed by atoms with Crippen molar-refractivity contribution in [1.29, 1.82) is 0 Å². The van der Waals surface area contributed by atoms with Gasteiger partial charge in [0.2, 0.25) is 5.89 Å². The molecule has 3 aromatic rings. The van der Waals surface area contributed by atoms with E-state index in [1.807, 2.05) is 66.1 Å². The van der Waals surface area contributed by atoms with Gasteiger partial charge in [0.1, 0.15) is 0 Å². The topological polar surface area (TPSA) is 58.4 Å². The number of oxazole rings is 1. The predicted octanol–water partition coefficient (Wildman–Crippen LogP) is 5.10. The van der Waals surface area contributed by atoms with Gasteiger partial charge in [-0.25, -0.2) is 4.98 Å². The monoisotopic (exact) mass is 427 g/mol. The summed E-state index contributed by atoms with van der Waals surface area (Å²) >= 11 is 7.94. The van der Waals surface area contributed by atoms with Crippen LogP contribution in [-0.2, 0) is 6.54 Å². The third kappa shape index (κ3) is 4.60. The van der Waals surface area contributed by atoms with Crippen molar-refractivity contribution in [1.82, 2.24) is 9.88 Å². The molecular weight excluding hydrogens is 406 g/mol. The first-order valence-electron chi connectivity index (χ1n) is 9.53. The highest BCUT2D eigenvalue weighted by atomic mass is 35.5. The molecule has 1 aliphatic heterocycles. The van der Waals surface area contributed by atoms with Gasteiger partial charge < -0.3 is 14.6 Å². The lowest BCUT2D eigenvalue weighted by Gasteiger charge is -2.27. The van der Waals surface area contributed by atoms with Gasteiger partial charge in [0.25, 0.3) is 5.91 Å². The Morgan fingerprint density at radius 1 is 1.24 bits per heavy atom. The highest BCUT2D eigenvalue weighted by Crippen LogP contribution is 2.25. The lowest BCUT2D eigenvalue weighted by molar-refractivity contribution is 0.0771. The molecule has 2 aromatic carbocycles. The van der Waals surface area contributed by atoms with Crippen molar-refractivity contribution in [3.05, 3.63) is 70.7 Å². The second kappa shape index (κ2) is 8.93. The molecule has 4 rings (SSSR count). The lowest BCUT2D eigenvalue weighted by atomic mass is 10.1. The highest BCUT2D eigenvalue weighted by molar-refractivity contribution is 7.99. The molecule has 0 bridgehead atoms. The Morgan fingerprint density at radius 3 is 2.83 bits per heavy atom. The van der Waals surface area contributed by atoms with Gasteiger partial charge in [-0.15, -0.1) is 0 Å². The zero-order valence-electron chi connectivity index (χ0n) is 16.2. The van der Waals surface area contributed by atoms with Crippen molar-refractivity contribution >= 4 is 35.0 Å². The Bertz CT molecular complexity index is 1010. The maximum absolute atomic E-state index is 12.9. The number of carbonyl (C=O) groups is 1. The number of hydrogen-bond acceptors (Lipinski definition) is 5. The largest absolute Gasteiger partial charge is 0.439 e. The van der Waals surface area contributed by atoms with Crippen LogP contribution in [0.15, 0.2) is 53.1 Å². The van der Waals surface area contributed by atoms with Crippen molar-refractivity contribution in [3.63, 3.8) is 0 Å². The summed E-state index contributed by atoms with van der Waals surface area (Å²) in [7, 11) is 0. The summed E-state index contributed by atoms with van der Waals surface area (Å²) in [5, 5.41) is 4.00. The van der Waals surface area contributed by atoms with Gasteiger partial charge in [-0.2, -0.15) is 11.8 Å². The van der Waals surface area contributed by atoms with E-state index in [4.69, 9.17) is 16.0 Å². The molecule has 1 N–H and O–H groups in total. The summed E-state index contributed by atoms with van der Waals surface area (Å²) in [5.74, 6) is 3.35. The van der Waals surface area contributed by atoms with E-state index in [0.717, 1.165) is 47.0 Å². The van der Waals surface area contributed by atoms with Crippen LogP contribution >= 0.6 is 23.4 Å². The van der Waals surface area contributed by atoms with E-state index in [-0.39, 0.29) is 5.91 Å². The Kier molecular flexibility index (Phi) is 6.11. The van der Waals surface area contributed by atoms with Crippen LogP contribution in [-0.4, -0.2) is 40.4 Å². The number of benzene rings is 2. The van der Waals surface area contributed by atoms with Crippen LogP contribution in [0, 0.1) is 6.92 Å². The zero-order valence-corrected chi connectivity index (χ0v) is 17.7. The quantitative estimate of drug-likeness (QED) is 0.613.